The Kier molecular flexibility index (Phi) is 3.92. The number of alkyl halides is 3. The minimum atomic E-state index is -4.72. The van der Waals surface area contributed by atoms with Crippen LogP contribution in [0.5, 0.6) is 0 Å². The highest BCUT2D eigenvalue weighted by atomic mass is 19.4. The van der Waals surface area contributed by atoms with E-state index in [4.69, 9.17) is 10.8 Å². The van der Waals surface area contributed by atoms with Gasteiger partial charge in [-0.05, 0) is 26.0 Å². The molecule has 6 nitrogen and oxygen atoms in total. The first-order valence-electron chi connectivity index (χ1n) is 5.35. The van der Waals surface area contributed by atoms with Crippen molar-refractivity contribution in [3.05, 3.63) is 23.4 Å². The summed E-state index contributed by atoms with van der Waals surface area (Å²) in [5, 5.41) is 11.2. The maximum absolute atomic E-state index is 12.6. The molecule has 1 heterocycles. The number of nitrogens with zero attached hydrogens (tertiary/aromatic N) is 1. The summed E-state index contributed by atoms with van der Waals surface area (Å²) in [4.78, 5) is 25.3. The molecule has 0 saturated heterocycles. The maximum atomic E-state index is 12.6. The van der Waals surface area contributed by atoms with Gasteiger partial charge in [-0.2, -0.15) is 13.2 Å². The predicted octanol–water partition coefficient (Wildman–Crippen LogP) is 1.47. The number of rotatable bonds is 4. The highest BCUT2D eigenvalue weighted by Gasteiger charge is 2.35. The fourth-order valence-electron chi connectivity index (χ4n) is 1.26. The maximum Gasteiger partial charge on any atom is 0.433 e. The molecule has 0 saturated carbocycles. The van der Waals surface area contributed by atoms with Gasteiger partial charge in [-0.15, -0.1) is 0 Å². The lowest BCUT2D eigenvalue weighted by Gasteiger charge is -2.23. The van der Waals surface area contributed by atoms with Crippen LogP contribution in [0.3, 0.4) is 0 Å². The number of carbonyl (C=O) groups excluding carboxylic acids is 1. The largest absolute Gasteiger partial charge is 0.480 e. The summed E-state index contributed by atoms with van der Waals surface area (Å²) in [6.45, 7) is 2.42. The van der Waals surface area contributed by atoms with Crippen LogP contribution in [0.2, 0.25) is 0 Å². The first-order chi connectivity index (χ1) is 8.95. The quantitative estimate of drug-likeness (QED) is 0.779. The topological polar surface area (TPSA) is 105 Å². The van der Waals surface area contributed by atoms with Crippen molar-refractivity contribution in [1.29, 1.82) is 0 Å². The van der Waals surface area contributed by atoms with E-state index < -0.39 is 35.1 Å². The average Bonchev–Trinajstić information content (AvgIpc) is 2.26. The van der Waals surface area contributed by atoms with Crippen LogP contribution in [0.15, 0.2) is 12.1 Å². The third kappa shape index (κ3) is 3.37. The molecule has 0 fully saturated rings. The molecule has 0 aliphatic heterocycles. The standard InChI is InChI=1S/C11H12F3N3O3/c1-10(2,9(19)20)17-8-5(7(15)18)3-4-6(16-8)11(12,13)14/h3-4H,1-2H3,(H2,15,18)(H,16,17)(H,19,20). The van der Waals surface area contributed by atoms with Gasteiger partial charge < -0.3 is 16.2 Å². The number of aromatic nitrogens is 1. The van der Waals surface area contributed by atoms with E-state index in [-0.39, 0.29) is 5.56 Å². The van der Waals surface area contributed by atoms with E-state index in [2.05, 4.69) is 10.3 Å². The fourth-order valence-corrected chi connectivity index (χ4v) is 1.26. The first kappa shape index (κ1) is 15.7. The number of carboxylic acids is 1. The Morgan fingerprint density at radius 2 is 1.85 bits per heavy atom. The predicted molar refractivity (Wildman–Crippen MR) is 63.1 cm³/mol. The van der Waals surface area contributed by atoms with E-state index in [1.54, 1.807) is 0 Å². The van der Waals surface area contributed by atoms with E-state index >= 15 is 0 Å². The summed E-state index contributed by atoms with van der Waals surface area (Å²) in [6, 6.07) is 1.44. The van der Waals surface area contributed by atoms with Crippen molar-refractivity contribution in [2.45, 2.75) is 25.6 Å². The van der Waals surface area contributed by atoms with Gasteiger partial charge >= 0.3 is 12.1 Å². The molecule has 110 valence electrons. The van der Waals surface area contributed by atoms with Crippen LogP contribution in [0.1, 0.15) is 29.9 Å². The van der Waals surface area contributed by atoms with Gasteiger partial charge in [0, 0.05) is 0 Å². The molecule has 0 radical (unpaired) electrons. The van der Waals surface area contributed by atoms with Crippen LogP contribution < -0.4 is 11.1 Å². The Labute approximate surface area is 111 Å². The van der Waals surface area contributed by atoms with Gasteiger partial charge in [0.2, 0.25) is 0 Å². The summed E-state index contributed by atoms with van der Waals surface area (Å²) in [6.07, 6.45) is -4.72. The Morgan fingerprint density at radius 1 is 1.30 bits per heavy atom. The van der Waals surface area contributed by atoms with Crippen molar-refractivity contribution >= 4 is 17.7 Å². The van der Waals surface area contributed by atoms with Gasteiger partial charge in [0.05, 0.1) is 5.56 Å². The third-order valence-corrected chi connectivity index (χ3v) is 2.42. The minimum Gasteiger partial charge on any atom is -0.480 e. The van der Waals surface area contributed by atoms with E-state index in [0.29, 0.717) is 6.07 Å². The summed E-state index contributed by atoms with van der Waals surface area (Å²) in [5.74, 6) is -2.87. The van der Waals surface area contributed by atoms with Gasteiger partial charge in [-0.3, -0.25) is 4.79 Å². The number of pyridine rings is 1. The van der Waals surface area contributed by atoms with Crippen molar-refractivity contribution in [3.63, 3.8) is 0 Å². The Morgan fingerprint density at radius 3 is 2.25 bits per heavy atom. The van der Waals surface area contributed by atoms with Crippen LogP contribution in [0.25, 0.3) is 0 Å². The number of anilines is 1. The van der Waals surface area contributed by atoms with E-state index in [0.717, 1.165) is 6.07 Å². The Hall–Kier alpha value is -2.32. The smallest absolute Gasteiger partial charge is 0.433 e. The molecule has 0 aliphatic carbocycles. The monoisotopic (exact) mass is 291 g/mol. The molecule has 0 aliphatic rings. The van der Waals surface area contributed by atoms with E-state index in [9.17, 15) is 22.8 Å². The average molecular weight is 291 g/mol. The zero-order valence-corrected chi connectivity index (χ0v) is 10.6. The van der Waals surface area contributed by atoms with Crippen molar-refractivity contribution in [2.24, 2.45) is 5.73 Å². The van der Waals surface area contributed by atoms with Crippen LogP contribution in [-0.2, 0) is 11.0 Å². The number of nitrogens with one attached hydrogen (secondary N) is 1. The fraction of sp³-hybridized carbons (Fsp3) is 0.364. The second-order valence-electron chi connectivity index (χ2n) is 4.51. The lowest BCUT2D eigenvalue weighted by atomic mass is 10.1. The summed E-state index contributed by atoms with van der Waals surface area (Å²) in [5.41, 5.74) is 1.81. The molecular formula is C11H12F3N3O3. The summed E-state index contributed by atoms with van der Waals surface area (Å²) in [7, 11) is 0. The minimum absolute atomic E-state index is 0.327. The molecule has 1 aromatic heterocycles. The number of nitrogens with two attached hydrogens (primary N) is 1. The normalized spacial score (nSPS) is 12.1. The van der Waals surface area contributed by atoms with Gasteiger partial charge in [0.1, 0.15) is 17.1 Å². The lowest BCUT2D eigenvalue weighted by Crippen LogP contribution is -2.41. The molecule has 0 spiro atoms. The highest BCUT2D eigenvalue weighted by molar-refractivity contribution is 5.98. The number of carbonyl (C=O) groups is 2. The molecule has 1 amide bonds. The number of hydrogen-bond donors (Lipinski definition) is 3. The second-order valence-corrected chi connectivity index (χ2v) is 4.51. The van der Waals surface area contributed by atoms with Crippen molar-refractivity contribution in [2.75, 3.05) is 5.32 Å². The number of halogens is 3. The number of amides is 1. The highest BCUT2D eigenvalue weighted by Crippen LogP contribution is 2.30. The number of primary amides is 1. The van der Waals surface area contributed by atoms with E-state index in [1.807, 2.05) is 0 Å². The zero-order chi connectivity index (χ0) is 15.7. The van der Waals surface area contributed by atoms with Gasteiger partial charge in [-0.25, -0.2) is 9.78 Å². The van der Waals surface area contributed by atoms with Gasteiger partial charge in [-0.1, -0.05) is 0 Å². The number of hydrogen-bond acceptors (Lipinski definition) is 4. The zero-order valence-electron chi connectivity index (χ0n) is 10.6. The first-order valence-corrected chi connectivity index (χ1v) is 5.35. The van der Waals surface area contributed by atoms with Crippen LogP contribution in [-0.4, -0.2) is 27.5 Å². The second kappa shape index (κ2) is 4.99. The van der Waals surface area contributed by atoms with Crippen LogP contribution in [0.4, 0.5) is 19.0 Å². The molecule has 0 unspecified atom stereocenters. The van der Waals surface area contributed by atoms with Crippen LogP contribution >= 0.6 is 0 Å². The summed E-state index contributed by atoms with van der Waals surface area (Å²) < 4.78 is 37.7. The molecule has 1 rings (SSSR count). The van der Waals surface area contributed by atoms with Crippen molar-refractivity contribution < 1.29 is 27.9 Å². The van der Waals surface area contributed by atoms with Gasteiger partial charge in [0.25, 0.3) is 5.91 Å². The molecule has 0 bridgehead atoms. The van der Waals surface area contributed by atoms with Gasteiger partial charge in [0.15, 0.2) is 0 Å². The van der Waals surface area contributed by atoms with Crippen molar-refractivity contribution in [1.82, 2.24) is 4.98 Å². The SMILES string of the molecule is CC(C)(Nc1nc(C(F)(F)F)ccc1C(N)=O)C(=O)O. The Balaban J connectivity index is 3.34. The van der Waals surface area contributed by atoms with E-state index in [1.165, 1.54) is 13.8 Å². The van der Waals surface area contributed by atoms with Crippen LogP contribution in [0, 0.1) is 0 Å². The third-order valence-electron chi connectivity index (χ3n) is 2.42. The number of aliphatic carboxylic acids is 1. The lowest BCUT2D eigenvalue weighted by molar-refractivity contribution is -0.141. The molecule has 0 aromatic carbocycles. The molecule has 20 heavy (non-hydrogen) atoms. The van der Waals surface area contributed by atoms with Crippen molar-refractivity contribution in [3.8, 4) is 0 Å². The molecule has 1 aromatic rings. The molecule has 9 heteroatoms. The summed E-state index contributed by atoms with van der Waals surface area (Å²) >= 11 is 0. The molecule has 0 atom stereocenters. The Bertz CT molecular complexity index is 556. The molecular weight excluding hydrogens is 279 g/mol. The number of carboxylic acid groups (broad SMARTS) is 1. The molecule has 4 N–H and O–H groups in total.